The number of likely N-dealkylation sites (tertiary alicyclic amines) is 1. The van der Waals surface area contributed by atoms with Crippen molar-refractivity contribution in [3.63, 3.8) is 0 Å². The number of hydrogen-bond acceptors (Lipinski definition) is 5. The highest BCUT2D eigenvalue weighted by atomic mass is 19.1. The number of ether oxygens (including phenoxy) is 1. The molecule has 8 heteroatoms. The second kappa shape index (κ2) is 7.42. The largest absolute Gasteiger partial charge is 0.481 e. The fourth-order valence-corrected chi connectivity index (χ4v) is 2.80. The third-order valence-corrected chi connectivity index (χ3v) is 4.15. The van der Waals surface area contributed by atoms with E-state index >= 15 is 0 Å². The highest BCUT2D eigenvalue weighted by Crippen LogP contribution is 2.20. The number of carbonyl (C=O) groups excluding carboxylic acids is 1. The Labute approximate surface area is 143 Å². The van der Waals surface area contributed by atoms with Gasteiger partial charge in [0.2, 0.25) is 5.88 Å². The van der Waals surface area contributed by atoms with Crippen LogP contribution in [0.2, 0.25) is 0 Å². The van der Waals surface area contributed by atoms with Gasteiger partial charge in [0.15, 0.2) is 0 Å². The first-order valence-corrected chi connectivity index (χ1v) is 7.93. The minimum absolute atomic E-state index is 0.103. The molecule has 0 saturated carbocycles. The van der Waals surface area contributed by atoms with E-state index in [1.807, 2.05) is 0 Å². The second-order valence-corrected chi connectivity index (χ2v) is 5.78. The van der Waals surface area contributed by atoms with Gasteiger partial charge in [0.05, 0.1) is 12.7 Å². The van der Waals surface area contributed by atoms with E-state index < -0.39 is 17.5 Å². The molecule has 132 valence electrons. The lowest BCUT2D eigenvalue weighted by Gasteiger charge is -2.32. The molecule has 1 aromatic heterocycles. The summed E-state index contributed by atoms with van der Waals surface area (Å²) in [5.74, 6) is -0.826. The normalized spacial score (nSPS) is 15.1. The Kier molecular flexibility index (Phi) is 5.06. The Morgan fingerprint density at radius 1 is 1.24 bits per heavy atom. The number of aromatic nitrogens is 2. The highest BCUT2D eigenvalue weighted by molar-refractivity contribution is 5.94. The molecule has 1 amide bonds. The van der Waals surface area contributed by atoms with E-state index in [0.717, 1.165) is 12.1 Å². The molecule has 1 aliphatic rings. The fraction of sp³-hybridized carbons (Fsp3) is 0.353. The maximum absolute atomic E-state index is 13.8. The van der Waals surface area contributed by atoms with Gasteiger partial charge in [0, 0.05) is 31.3 Å². The van der Waals surface area contributed by atoms with Crippen LogP contribution in [-0.2, 0) is 0 Å². The highest BCUT2D eigenvalue weighted by Gasteiger charge is 2.25. The lowest BCUT2D eigenvalue weighted by molar-refractivity contribution is 0.0713. The van der Waals surface area contributed by atoms with Crippen molar-refractivity contribution in [2.24, 2.45) is 0 Å². The molecular weight excluding hydrogens is 330 g/mol. The molecule has 0 unspecified atom stereocenters. The number of carbonyl (C=O) groups is 1. The Morgan fingerprint density at radius 3 is 2.68 bits per heavy atom. The van der Waals surface area contributed by atoms with Crippen LogP contribution in [0.4, 0.5) is 14.6 Å². The van der Waals surface area contributed by atoms with Crippen molar-refractivity contribution in [3.8, 4) is 5.88 Å². The molecular formula is C17H18F2N4O2. The van der Waals surface area contributed by atoms with Crippen LogP contribution in [0, 0.1) is 11.6 Å². The van der Waals surface area contributed by atoms with Crippen LogP contribution in [0.1, 0.15) is 23.2 Å². The Hall–Kier alpha value is -2.77. The first-order valence-electron chi connectivity index (χ1n) is 7.93. The van der Waals surface area contributed by atoms with Crippen LogP contribution < -0.4 is 10.1 Å². The third kappa shape index (κ3) is 4.01. The number of nitrogens with one attached hydrogen (secondary N) is 1. The van der Waals surface area contributed by atoms with E-state index in [2.05, 4.69) is 15.3 Å². The molecule has 1 N–H and O–H groups in total. The summed E-state index contributed by atoms with van der Waals surface area (Å²) in [7, 11) is 1.53. The number of benzene rings is 1. The quantitative estimate of drug-likeness (QED) is 0.919. The van der Waals surface area contributed by atoms with Gasteiger partial charge < -0.3 is 15.0 Å². The van der Waals surface area contributed by atoms with Crippen LogP contribution in [0.5, 0.6) is 5.88 Å². The van der Waals surface area contributed by atoms with Crippen LogP contribution >= 0.6 is 0 Å². The van der Waals surface area contributed by atoms with Crippen molar-refractivity contribution < 1.29 is 18.3 Å². The second-order valence-electron chi connectivity index (χ2n) is 5.78. The number of piperidine rings is 1. The zero-order chi connectivity index (χ0) is 17.8. The summed E-state index contributed by atoms with van der Waals surface area (Å²) in [6, 6.07) is 4.84. The molecule has 1 saturated heterocycles. The molecule has 25 heavy (non-hydrogen) atoms. The molecule has 0 atom stereocenters. The first-order chi connectivity index (χ1) is 12.1. The molecule has 1 aliphatic heterocycles. The predicted molar refractivity (Wildman–Crippen MR) is 87.5 cm³/mol. The first kappa shape index (κ1) is 17.1. The number of nitrogens with zero attached hydrogens (tertiary/aromatic N) is 3. The summed E-state index contributed by atoms with van der Waals surface area (Å²) in [6.45, 7) is 0.963. The molecule has 1 fully saturated rings. The summed E-state index contributed by atoms with van der Waals surface area (Å²) < 4.78 is 31.8. The van der Waals surface area contributed by atoms with Crippen molar-refractivity contribution in [2.75, 3.05) is 25.5 Å². The van der Waals surface area contributed by atoms with E-state index in [9.17, 15) is 13.6 Å². The van der Waals surface area contributed by atoms with Crippen molar-refractivity contribution >= 4 is 11.7 Å². The van der Waals surface area contributed by atoms with Crippen LogP contribution in [0.15, 0.2) is 30.6 Å². The van der Waals surface area contributed by atoms with Crippen molar-refractivity contribution in [1.29, 1.82) is 0 Å². The van der Waals surface area contributed by atoms with Gasteiger partial charge in [0.1, 0.15) is 23.8 Å². The number of methoxy groups -OCH3 is 1. The fourth-order valence-electron chi connectivity index (χ4n) is 2.80. The van der Waals surface area contributed by atoms with Gasteiger partial charge in [-0.2, -0.15) is 0 Å². The number of anilines is 1. The minimum Gasteiger partial charge on any atom is -0.481 e. The van der Waals surface area contributed by atoms with E-state index in [1.165, 1.54) is 19.5 Å². The maximum atomic E-state index is 13.8. The SMILES string of the molecule is COc1cc(NC2CCN(C(=O)c3ccc(F)cc3F)CC2)ncn1. The average Bonchev–Trinajstić information content (AvgIpc) is 2.62. The van der Waals surface area contributed by atoms with Gasteiger partial charge in [0.25, 0.3) is 5.91 Å². The predicted octanol–water partition coefficient (Wildman–Crippen LogP) is 2.48. The van der Waals surface area contributed by atoms with E-state index in [-0.39, 0.29) is 11.6 Å². The maximum Gasteiger partial charge on any atom is 0.256 e. The molecule has 0 spiro atoms. The zero-order valence-corrected chi connectivity index (χ0v) is 13.7. The van der Waals surface area contributed by atoms with E-state index in [4.69, 9.17) is 4.74 Å². The lowest BCUT2D eigenvalue weighted by Crippen LogP contribution is -2.42. The van der Waals surface area contributed by atoms with Crippen LogP contribution in [0.25, 0.3) is 0 Å². The molecule has 3 rings (SSSR count). The summed E-state index contributed by atoms with van der Waals surface area (Å²) in [4.78, 5) is 22.0. The molecule has 6 nitrogen and oxygen atoms in total. The van der Waals surface area contributed by atoms with Crippen molar-refractivity contribution in [2.45, 2.75) is 18.9 Å². The molecule has 0 radical (unpaired) electrons. The molecule has 2 aromatic rings. The summed E-state index contributed by atoms with van der Waals surface area (Å²) in [5.41, 5.74) is -0.103. The molecule has 2 heterocycles. The van der Waals surface area contributed by atoms with Gasteiger partial charge in [-0.05, 0) is 25.0 Å². The third-order valence-electron chi connectivity index (χ3n) is 4.15. The monoisotopic (exact) mass is 348 g/mol. The van der Waals surface area contributed by atoms with Gasteiger partial charge in [-0.15, -0.1) is 0 Å². The Balaban J connectivity index is 1.58. The number of hydrogen-bond donors (Lipinski definition) is 1. The van der Waals surface area contributed by atoms with Gasteiger partial charge >= 0.3 is 0 Å². The van der Waals surface area contributed by atoms with Crippen LogP contribution in [0.3, 0.4) is 0 Å². The van der Waals surface area contributed by atoms with Gasteiger partial charge in [-0.25, -0.2) is 18.7 Å². The minimum atomic E-state index is -0.835. The molecule has 1 aromatic carbocycles. The van der Waals surface area contributed by atoms with Gasteiger partial charge in [-0.1, -0.05) is 0 Å². The molecule has 0 bridgehead atoms. The Bertz CT molecular complexity index is 764. The Morgan fingerprint density at radius 2 is 2.00 bits per heavy atom. The van der Waals surface area contributed by atoms with Crippen LogP contribution in [-0.4, -0.2) is 47.0 Å². The summed E-state index contributed by atoms with van der Waals surface area (Å²) >= 11 is 0. The standard InChI is InChI=1S/C17H18F2N4O2/c1-25-16-9-15(20-10-21-16)22-12-4-6-23(7-5-12)17(24)13-3-2-11(18)8-14(13)19/h2-3,8-10,12H,4-7H2,1H3,(H,20,21,22). The topological polar surface area (TPSA) is 67.3 Å². The van der Waals surface area contributed by atoms with Gasteiger partial charge in [-0.3, -0.25) is 4.79 Å². The number of amides is 1. The zero-order valence-electron chi connectivity index (χ0n) is 13.7. The van der Waals surface area contributed by atoms with Crippen molar-refractivity contribution in [3.05, 3.63) is 47.8 Å². The number of halogens is 2. The summed E-state index contributed by atoms with van der Waals surface area (Å²) in [6.07, 6.45) is 2.80. The molecule has 0 aliphatic carbocycles. The summed E-state index contributed by atoms with van der Waals surface area (Å²) in [5, 5.41) is 3.28. The number of rotatable bonds is 4. The smallest absolute Gasteiger partial charge is 0.256 e. The average molecular weight is 348 g/mol. The van der Waals surface area contributed by atoms with Crippen molar-refractivity contribution in [1.82, 2.24) is 14.9 Å². The van der Waals surface area contributed by atoms with E-state index in [0.29, 0.717) is 37.6 Å². The lowest BCUT2D eigenvalue weighted by atomic mass is 10.0. The van der Waals surface area contributed by atoms with E-state index in [1.54, 1.807) is 11.0 Å².